The first-order chi connectivity index (χ1) is 15.0. The number of anilines is 1. The first-order valence-electron chi connectivity index (χ1n) is 10.1. The maximum absolute atomic E-state index is 11.5. The Morgan fingerprint density at radius 3 is 2.58 bits per heavy atom. The Kier molecular flexibility index (Phi) is 4.90. The summed E-state index contributed by atoms with van der Waals surface area (Å²) in [5.41, 5.74) is 16.5. The average Bonchev–Trinajstić information content (AvgIpc) is 3.44. The number of nitrogen functional groups attached to an aromatic ring is 1. The molecular weight excluding hydrogens is 458 g/mol. The van der Waals surface area contributed by atoms with Crippen molar-refractivity contribution in [2.45, 2.75) is 18.8 Å². The van der Waals surface area contributed by atoms with Gasteiger partial charge in [-0.15, -0.1) is 0 Å². The predicted octanol–water partition coefficient (Wildman–Crippen LogP) is 3.79. The minimum Gasteiger partial charge on any atom is -0.383 e. The normalized spacial score (nSPS) is 14.9. The number of carbonyl (C=O) groups is 1. The van der Waals surface area contributed by atoms with Gasteiger partial charge in [0.2, 0.25) is 0 Å². The van der Waals surface area contributed by atoms with E-state index in [4.69, 9.17) is 16.5 Å². The van der Waals surface area contributed by atoms with Crippen LogP contribution in [0.4, 0.5) is 10.6 Å². The number of piperidine rings is 1. The molecule has 0 aliphatic carbocycles. The van der Waals surface area contributed by atoms with Crippen LogP contribution < -0.4 is 11.5 Å². The number of nitrogens with zero attached hydrogens (tertiary/aromatic N) is 5. The van der Waals surface area contributed by atoms with Gasteiger partial charge in [-0.2, -0.15) is 9.61 Å². The maximum atomic E-state index is 11.5. The number of urea groups is 1. The van der Waals surface area contributed by atoms with Gasteiger partial charge in [-0.05, 0) is 47.0 Å². The molecule has 1 saturated heterocycles. The highest BCUT2D eigenvalue weighted by Gasteiger charge is 2.27. The second-order valence-electron chi connectivity index (χ2n) is 7.73. The predicted molar refractivity (Wildman–Crippen MR) is 123 cm³/mol. The molecule has 0 spiro atoms. The molecule has 1 aliphatic rings. The van der Waals surface area contributed by atoms with E-state index in [1.807, 2.05) is 24.4 Å². The minimum absolute atomic E-state index is 0.189. The number of hydrogen-bond donors (Lipinski definition) is 2. The largest absolute Gasteiger partial charge is 0.383 e. The third kappa shape index (κ3) is 3.44. The van der Waals surface area contributed by atoms with Crippen molar-refractivity contribution in [2.75, 3.05) is 18.8 Å². The van der Waals surface area contributed by atoms with Crippen LogP contribution in [0.2, 0.25) is 0 Å². The van der Waals surface area contributed by atoms with Crippen LogP contribution in [0.15, 0.2) is 59.5 Å². The summed E-state index contributed by atoms with van der Waals surface area (Å²) in [6.45, 7) is 1.23. The number of halogens is 1. The van der Waals surface area contributed by atoms with Gasteiger partial charge in [0.25, 0.3) is 0 Å². The van der Waals surface area contributed by atoms with Crippen LogP contribution in [0.5, 0.6) is 0 Å². The summed E-state index contributed by atoms with van der Waals surface area (Å²) < 4.78 is 4.50. The Balaban J connectivity index is 1.53. The van der Waals surface area contributed by atoms with Crippen molar-refractivity contribution in [3.63, 3.8) is 0 Å². The summed E-state index contributed by atoms with van der Waals surface area (Å²) >= 11 is 3.62. The molecule has 4 aromatic rings. The highest BCUT2D eigenvalue weighted by Crippen LogP contribution is 2.37. The van der Waals surface area contributed by atoms with Gasteiger partial charge in [0.05, 0.1) is 16.4 Å². The van der Waals surface area contributed by atoms with E-state index in [1.165, 1.54) is 0 Å². The van der Waals surface area contributed by atoms with E-state index in [-0.39, 0.29) is 11.9 Å². The molecule has 1 aliphatic heterocycles. The fourth-order valence-electron chi connectivity index (χ4n) is 4.18. The van der Waals surface area contributed by atoms with Gasteiger partial charge in [0.1, 0.15) is 5.82 Å². The number of para-hydroxylation sites is 1. The van der Waals surface area contributed by atoms with Gasteiger partial charge in [-0.1, -0.05) is 18.2 Å². The molecule has 0 saturated carbocycles. The van der Waals surface area contributed by atoms with Crippen LogP contribution in [0.1, 0.15) is 24.5 Å². The Morgan fingerprint density at radius 2 is 1.87 bits per heavy atom. The molecule has 1 aromatic carbocycles. The van der Waals surface area contributed by atoms with Crippen LogP contribution in [0, 0.1) is 0 Å². The van der Waals surface area contributed by atoms with Crippen molar-refractivity contribution >= 4 is 33.4 Å². The summed E-state index contributed by atoms with van der Waals surface area (Å²) in [6.07, 6.45) is 7.47. The fraction of sp³-hybridized carbons (Fsp3) is 0.227. The summed E-state index contributed by atoms with van der Waals surface area (Å²) in [6, 6.07) is 11.8. The van der Waals surface area contributed by atoms with Crippen LogP contribution >= 0.6 is 15.9 Å². The van der Waals surface area contributed by atoms with E-state index in [1.54, 1.807) is 15.6 Å². The van der Waals surface area contributed by atoms with Crippen molar-refractivity contribution in [3.05, 3.63) is 65.2 Å². The smallest absolute Gasteiger partial charge is 0.314 e. The van der Waals surface area contributed by atoms with E-state index in [2.05, 4.69) is 50.0 Å². The number of hydrogen-bond acceptors (Lipinski definition) is 4. The molecule has 2 amide bonds. The van der Waals surface area contributed by atoms with E-state index in [9.17, 15) is 4.79 Å². The van der Waals surface area contributed by atoms with Crippen molar-refractivity contribution in [1.82, 2.24) is 24.1 Å². The van der Waals surface area contributed by atoms with Crippen molar-refractivity contribution < 1.29 is 4.79 Å². The number of benzene rings is 1. The van der Waals surface area contributed by atoms with Crippen molar-refractivity contribution in [2.24, 2.45) is 5.73 Å². The van der Waals surface area contributed by atoms with Gasteiger partial charge in [0.15, 0.2) is 5.65 Å². The summed E-state index contributed by atoms with van der Waals surface area (Å²) in [4.78, 5) is 18.1. The SMILES string of the molecule is NC(=O)N1CCC(c2nc3c(-c4ccn(-c5ccccc5)c4)cnn3c(N)c2Br)CC1. The lowest BCUT2D eigenvalue weighted by Crippen LogP contribution is -2.41. The zero-order valence-electron chi connectivity index (χ0n) is 16.8. The fourth-order valence-corrected chi connectivity index (χ4v) is 4.76. The lowest BCUT2D eigenvalue weighted by Gasteiger charge is -2.31. The topological polar surface area (TPSA) is 107 Å². The van der Waals surface area contributed by atoms with Gasteiger partial charge in [0, 0.05) is 48.2 Å². The monoisotopic (exact) mass is 479 g/mol. The van der Waals surface area contributed by atoms with Gasteiger partial charge >= 0.3 is 6.03 Å². The number of likely N-dealkylation sites (tertiary alicyclic amines) is 1. The molecule has 5 rings (SSSR count). The quantitative estimate of drug-likeness (QED) is 0.465. The zero-order valence-corrected chi connectivity index (χ0v) is 18.4. The Morgan fingerprint density at radius 1 is 1.13 bits per heavy atom. The Labute approximate surface area is 187 Å². The molecule has 0 radical (unpaired) electrons. The number of amides is 2. The molecule has 8 nitrogen and oxygen atoms in total. The van der Waals surface area contributed by atoms with Gasteiger partial charge in [-0.25, -0.2) is 9.78 Å². The molecule has 0 atom stereocenters. The summed E-state index contributed by atoms with van der Waals surface area (Å²) in [5.74, 6) is 0.708. The molecule has 4 heterocycles. The highest BCUT2D eigenvalue weighted by atomic mass is 79.9. The molecule has 1 fully saturated rings. The van der Waals surface area contributed by atoms with Gasteiger partial charge in [-0.3, -0.25) is 0 Å². The first kappa shape index (κ1) is 19.6. The first-order valence-corrected chi connectivity index (χ1v) is 10.9. The number of aromatic nitrogens is 4. The molecule has 158 valence electrons. The van der Waals surface area contributed by atoms with E-state index < -0.39 is 0 Å². The summed E-state index contributed by atoms with van der Waals surface area (Å²) in [7, 11) is 0. The molecule has 3 aromatic heterocycles. The van der Waals surface area contributed by atoms with Crippen LogP contribution in [-0.2, 0) is 0 Å². The number of nitrogens with two attached hydrogens (primary N) is 2. The van der Waals surface area contributed by atoms with Gasteiger partial charge < -0.3 is 20.9 Å². The van der Waals surface area contributed by atoms with Crippen LogP contribution in [0.25, 0.3) is 22.5 Å². The summed E-state index contributed by atoms with van der Waals surface area (Å²) in [5, 5.41) is 4.48. The molecule has 4 N–H and O–H groups in total. The van der Waals surface area contributed by atoms with Crippen LogP contribution in [-0.4, -0.2) is 43.2 Å². The lowest BCUT2D eigenvalue weighted by atomic mass is 9.93. The number of rotatable bonds is 3. The number of fused-ring (bicyclic) bond motifs is 1. The maximum Gasteiger partial charge on any atom is 0.314 e. The molecular formula is C22H22BrN7O. The zero-order chi connectivity index (χ0) is 21.5. The number of carbonyl (C=O) groups excluding carboxylic acids is 1. The van der Waals surface area contributed by atoms with E-state index in [0.717, 1.165) is 45.5 Å². The second-order valence-corrected chi connectivity index (χ2v) is 8.53. The van der Waals surface area contributed by atoms with Crippen molar-refractivity contribution in [1.29, 1.82) is 0 Å². The molecule has 0 bridgehead atoms. The molecule has 0 unspecified atom stereocenters. The third-order valence-corrected chi connectivity index (χ3v) is 6.71. The minimum atomic E-state index is -0.374. The second kappa shape index (κ2) is 7.73. The van der Waals surface area contributed by atoms with Crippen LogP contribution in [0.3, 0.4) is 0 Å². The standard InChI is InChI=1S/C22H22BrN7O/c23-18-19(14-6-9-28(10-7-14)22(25)31)27-21-17(12-26-30(21)20(18)24)15-8-11-29(13-15)16-4-2-1-3-5-16/h1-5,8,11-14H,6-7,9-10,24H2,(H2,25,31). The Bertz CT molecular complexity index is 1260. The lowest BCUT2D eigenvalue weighted by molar-refractivity contribution is 0.190. The van der Waals surface area contributed by atoms with Crippen molar-refractivity contribution in [3.8, 4) is 16.8 Å². The average molecular weight is 480 g/mol. The van der Waals surface area contributed by atoms with E-state index in [0.29, 0.717) is 18.9 Å². The Hall–Kier alpha value is -3.33. The number of primary amides is 1. The molecule has 9 heteroatoms. The highest BCUT2D eigenvalue weighted by molar-refractivity contribution is 9.10. The van der Waals surface area contributed by atoms with E-state index >= 15 is 0 Å². The third-order valence-electron chi connectivity index (χ3n) is 5.90. The molecule has 31 heavy (non-hydrogen) atoms.